The monoisotopic (exact) mass is 285 g/mol. The summed E-state index contributed by atoms with van der Waals surface area (Å²) in [5, 5.41) is 0. The third kappa shape index (κ3) is 1.36. The normalized spacial score (nSPS) is 27.3. The molecule has 2 fully saturated rings. The number of ether oxygens (including phenoxy) is 1. The van der Waals surface area contributed by atoms with Gasteiger partial charge in [0.25, 0.3) is 5.91 Å². The summed E-state index contributed by atoms with van der Waals surface area (Å²) in [5.41, 5.74) is 0. The number of hydrogen-bond acceptors (Lipinski definition) is 4. The summed E-state index contributed by atoms with van der Waals surface area (Å²) in [5.74, 6) is -0.322. The minimum Gasteiger partial charge on any atom is -0.459 e. The van der Waals surface area contributed by atoms with E-state index in [0.29, 0.717) is 17.6 Å². The van der Waals surface area contributed by atoms with E-state index >= 15 is 0 Å². The van der Waals surface area contributed by atoms with Gasteiger partial charge in [-0.05, 0) is 28.1 Å². The van der Waals surface area contributed by atoms with Crippen LogP contribution in [0.15, 0.2) is 21.2 Å². The molecule has 16 heavy (non-hydrogen) atoms. The van der Waals surface area contributed by atoms with Crippen LogP contribution in [0.1, 0.15) is 17.0 Å². The Morgan fingerprint density at radius 3 is 2.88 bits per heavy atom. The average Bonchev–Trinajstić information content (AvgIpc) is 2.90. The molecule has 5 nitrogen and oxygen atoms in total. The number of hydrogen-bond donors (Lipinski definition) is 0. The van der Waals surface area contributed by atoms with E-state index in [1.165, 1.54) is 4.90 Å². The third-order valence-corrected chi connectivity index (χ3v) is 3.29. The van der Waals surface area contributed by atoms with Gasteiger partial charge in [0, 0.05) is 6.42 Å². The van der Waals surface area contributed by atoms with Crippen LogP contribution in [0.4, 0.5) is 0 Å². The zero-order valence-corrected chi connectivity index (χ0v) is 9.77. The molecule has 0 aliphatic carbocycles. The Hall–Kier alpha value is -1.30. The van der Waals surface area contributed by atoms with Crippen LogP contribution in [0.5, 0.6) is 0 Å². The van der Waals surface area contributed by atoms with Gasteiger partial charge >= 0.3 is 5.97 Å². The number of carbonyl (C=O) groups is 2. The number of likely N-dealkylation sites (tertiary alicyclic amines) is 1. The maximum Gasteiger partial charge on any atom is 0.329 e. The van der Waals surface area contributed by atoms with E-state index in [2.05, 4.69) is 15.9 Å². The zero-order chi connectivity index (χ0) is 11.3. The molecule has 84 valence electrons. The van der Waals surface area contributed by atoms with E-state index in [0.717, 1.165) is 0 Å². The van der Waals surface area contributed by atoms with Crippen LogP contribution in [0.2, 0.25) is 0 Å². The van der Waals surface area contributed by atoms with Crippen LogP contribution in [0.3, 0.4) is 0 Å². The summed E-state index contributed by atoms with van der Waals surface area (Å²) >= 11 is 3.13. The summed E-state index contributed by atoms with van der Waals surface area (Å²) in [6.45, 7) is 0.466. The molecule has 0 radical (unpaired) electrons. The van der Waals surface area contributed by atoms with Gasteiger partial charge in [0.05, 0.1) is 6.54 Å². The molecule has 0 unspecified atom stereocenters. The Balaban J connectivity index is 1.84. The van der Waals surface area contributed by atoms with E-state index in [-0.39, 0.29) is 23.7 Å². The van der Waals surface area contributed by atoms with Crippen LogP contribution in [0, 0.1) is 0 Å². The van der Waals surface area contributed by atoms with Crippen molar-refractivity contribution in [3.05, 3.63) is 22.6 Å². The second kappa shape index (κ2) is 3.35. The Labute approximate surface area is 99.5 Å². The molecule has 0 spiro atoms. The summed E-state index contributed by atoms with van der Waals surface area (Å²) in [6.07, 6.45) is 0.465. The predicted molar refractivity (Wildman–Crippen MR) is 55.7 cm³/mol. The lowest BCUT2D eigenvalue weighted by atomic mass is 10.2. The molecule has 2 bridgehead atoms. The number of morpholine rings is 1. The molecular weight excluding hydrogens is 278 g/mol. The van der Waals surface area contributed by atoms with Gasteiger partial charge in [0.2, 0.25) is 0 Å². The zero-order valence-electron chi connectivity index (χ0n) is 8.18. The molecule has 3 heterocycles. The maximum atomic E-state index is 12.0. The van der Waals surface area contributed by atoms with Crippen molar-refractivity contribution in [1.82, 2.24) is 4.90 Å². The number of rotatable bonds is 1. The Bertz CT molecular complexity index is 469. The largest absolute Gasteiger partial charge is 0.459 e. The van der Waals surface area contributed by atoms with Crippen LogP contribution >= 0.6 is 15.9 Å². The molecule has 1 aromatic rings. The van der Waals surface area contributed by atoms with Gasteiger partial charge < -0.3 is 14.1 Å². The molecule has 1 amide bonds. The van der Waals surface area contributed by atoms with Gasteiger partial charge in [-0.2, -0.15) is 0 Å². The lowest BCUT2D eigenvalue weighted by Crippen LogP contribution is -2.44. The predicted octanol–water partition coefficient (Wildman–Crippen LogP) is 1.18. The van der Waals surface area contributed by atoms with Gasteiger partial charge in [0.15, 0.2) is 10.4 Å². The fraction of sp³-hybridized carbons (Fsp3) is 0.400. The molecular formula is C10H8BrNO4. The second-order valence-corrected chi connectivity index (χ2v) is 4.65. The fourth-order valence-corrected chi connectivity index (χ4v) is 2.45. The van der Waals surface area contributed by atoms with Crippen LogP contribution in [-0.4, -0.2) is 35.5 Å². The number of amides is 1. The quantitative estimate of drug-likeness (QED) is 0.727. The first-order chi connectivity index (χ1) is 7.65. The summed E-state index contributed by atoms with van der Waals surface area (Å²) in [4.78, 5) is 24.8. The Kier molecular flexibility index (Phi) is 2.07. The molecule has 2 saturated heterocycles. The van der Waals surface area contributed by atoms with Crippen molar-refractivity contribution >= 4 is 27.8 Å². The molecule has 2 atom stereocenters. The highest BCUT2D eigenvalue weighted by atomic mass is 79.9. The van der Waals surface area contributed by atoms with Crippen LogP contribution in [-0.2, 0) is 9.53 Å². The molecule has 2 aliphatic heterocycles. The van der Waals surface area contributed by atoms with E-state index in [1.807, 2.05) is 0 Å². The van der Waals surface area contributed by atoms with Gasteiger partial charge in [-0.1, -0.05) is 0 Å². The standard InChI is InChI=1S/C10H8BrNO4/c11-8-2-1-7(16-8)9(13)12-4-5-3-6(12)10(14)15-5/h1-2,5-6H,3-4H2/t5-,6-/m0/s1. The fourth-order valence-electron chi connectivity index (χ4n) is 2.14. The first-order valence-electron chi connectivity index (χ1n) is 4.92. The van der Waals surface area contributed by atoms with Gasteiger partial charge in [-0.25, -0.2) is 4.79 Å². The molecule has 6 heteroatoms. The first kappa shape index (κ1) is 9.89. The summed E-state index contributed by atoms with van der Waals surface area (Å²) < 4.78 is 10.7. The van der Waals surface area contributed by atoms with Crippen molar-refractivity contribution in [3.8, 4) is 0 Å². The van der Waals surface area contributed by atoms with Crippen molar-refractivity contribution in [3.63, 3.8) is 0 Å². The molecule has 1 aromatic heterocycles. The van der Waals surface area contributed by atoms with Crippen molar-refractivity contribution in [2.75, 3.05) is 6.54 Å². The molecule has 3 rings (SSSR count). The molecule has 2 aliphatic rings. The molecule has 0 N–H and O–H groups in total. The minimum absolute atomic E-state index is 0.139. The summed E-state index contributed by atoms with van der Waals surface area (Å²) in [6, 6.07) is 2.81. The lowest BCUT2D eigenvalue weighted by Gasteiger charge is -2.24. The van der Waals surface area contributed by atoms with Gasteiger partial charge in [0.1, 0.15) is 12.1 Å². The van der Waals surface area contributed by atoms with Gasteiger partial charge in [-0.3, -0.25) is 4.79 Å². The van der Waals surface area contributed by atoms with Crippen molar-refractivity contribution in [1.29, 1.82) is 0 Å². The number of fused-ring (bicyclic) bond motifs is 2. The summed E-state index contributed by atoms with van der Waals surface area (Å²) in [7, 11) is 0. The number of halogens is 1. The SMILES string of the molecule is O=C1O[C@H]2C[C@@H]1N(C(=O)c1ccc(Br)o1)C2. The Morgan fingerprint density at radius 1 is 1.50 bits per heavy atom. The lowest BCUT2D eigenvalue weighted by molar-refractivity contribution is -0.149. The van der Waals surface area contributed by atoms with Crippen LogP contribution in [0.25, 0.3) is 0 Å². The third-order valence-electron chi connectivity index (χ3n) is 2.86. The topological polar surface area (TPSA) is 59.8 Å². The van der Waals surface area contributed by atoms with E-state index < -0.39 is 6.04 Å². The molecule has 0 saturated carbocycles. The number of furan rings is 1. The highest BCUT2D eigenvalue weighted by Crippen LogP contribution is 2.30. The highest BCUT2D eigenvalue weighted by Gasteiger charge is 2.49. The van der Waals surface area contributed by atoms with Crippen molar-refractivity contribution in [2.45, 2.75) is 18.6 Å². The Morgan fingerprint density at radius 2 is 2.31 bits per heavy atom. The molecule has 0 aromatic carbocycles. The van der Waals surface area contributed by atoms with Crippen molar-refractivity contribution < 1.29 is 18.7 Å². The second-order valence-electron chi connectivity index (χ2n) is 3.87. The van der Waals surface area contributed by atoms with Crippen LogP contribution < -0.4 is 0 Å². The van der Waals surface area contributed by atoms with Gasteiger partial charge in [-0.15, -0.1) is 0 Å². The highest BCUT2D eigenvalue weighted by molar-refractivity contribution is 9.10. The van der Waals surface area contributed by atoms with E-state index in [9.17, 15) is 9.59 Å². The maximum absolute atomic E-state index is 12.0. The number of nitrogens with zero attached hydrogens (tertiary/aromatic N) is 1. The first-order valence-corrected chi connectivity index (χ1v) is 5.71. The van der Waals surface area contributed by atoms with E-state index in [1.54, 1.807) is 12.1 Å². The average molecular weight is 286 g/mol. The van der Waals surface area contributed by atoms with Crippen molar-refractivity contribution in [2.24, 2.45) is 0 Å². The number of carbonyl (C=O) groups excluding carboxylic acids is 2. The number of esters is 1. The minimum atomic E-state index is -0.429. The van der Waals surface area contributed by atoms with E-state index in [4.69, 9.17) is 9.15 Å². The smallest absolute Gasteiger partial charge is 0.329 e.